The van der Waals surface area contributed by atoms with E-state index < -0.39 is 0 Å². The first-order chi connectivity index (χ1) is 9.19. The van der Waals surface area contributed by atoms with E-state index in [-0.39, 0.29) is 6.61 Å². The van der Waals surface area contributed by atoms with Crippen molar-refractivity contribution in [2.24, 2.45) is 0 Å². The van der Waals surface area contributed by atoms with Crippen LogP contribution < -0.4 is 10.2 Å². The van der Waals surface area contributed by atoms with Gasteiger partial charge in [-0.15, -0.1) is 0 Å². The third-order valence-electron chi connectivity index (χ3n) is 2.70. The fourth-order valence-corrected chi connectivity index (χ4v) is 1.75. The van der Waals surface area contributed by atoms with Crippen LogP contribution in [0.4, 0.5) is 17.3 Å². The van der Waals surface area contributed by atoms with Gasteiger partial charge in [0.25, 0.3) is 0 Å². The molecule has 1 aromatic heterocycles. The summed E-state index contributed by atoms with van der Waals surface area (Å²) in [6.45, 7) is 2.49. The SMILES string of the molecule is Cc1nc(Nc2ccccc2)cc(N(C)CCO)n1. The highest BCUT2D eigenvalue weighted by Gasteiger charge is 2.06. The Morgan fingerprint density at radius 2 is 1.95 bits per heavy atom. The van der Waals surface area contributed by atoms with Crippen molar-refractivity contribution in [2.45, 2.75) is 6.92 Å². The van der Waals surface area contributed by atoms with Crippen LogP contribution in [0.1, 0.15) is 5.82 Å². The predicted octanol–water partition coefficient (Wildman–Crippen LogP) is 1.96. The first-order valence-electron chi connectivity index (χ1n) is 6.19. The number of rotatable bonds is 5. The summed E-state index contributed by atoms with van der Waals surface area (Å²) in [4.78, 5) is 10.6. The Kier molecular flexibility index (Phi) is 4.30. The third kappa shape index (κ3) is 3.66. The van der Waals surface area contributed by atoms with Crippen LogP contribution in [-0.4, -0.2) is 35.3 Å². The Balaban J connectivity index is 2.21. The van der Waals surface area contributed by atoms with Crippen LogP contribution in [0.2, 0.25) is 0 Å². The maximum Gasteiger partial charge on any atom is 0.136 e. The number of benzene rings is 1. The second-order valence-electron chi connectivity index (χ2n) is 4.29. The summed E-state index contributed by atoms with van der Waals surface area (Å²) in [5.41, 5.74) is 0.983. The van der Waals surface area contributed by atoms with Crippen LogP contribution in [-0.2, 0) is 0 Å². The zero-order valence-corrected chi connectivity index (χ0v) is 11.2. The largest absolute Gasteiger partial charge is 0.395 e. The Morgan fingerprint density at radius 1 is 1.21 bits per heavy atom. The molecule has 1 aromatic carbocycles. The van der Waals surface area contributed by atoms with Gasteiger partial charge >= 0.3 is 0 Å². The molecule has 0 saturated carbocycles. The summed E-state index contributed by atoms with van der Waals surface area (Å²) in [7, 11) is 1.89. The highest BCUT2D eigenvalue weighted by atomic mass is 16.3. The molecule has 2 aromatic rings. The number of anilines is 3. The highest BCUT2D eigenvalue weighted by molar-refractivity contribution is 5.59. The van der Waals surface area contributed by atoms with E-state index in [1.54, 1.807) is 0 Å². The van der Waals surface area contributed by atoms with Gasteiger partial charge in [0.15, 0.2) is 0 Å². The molecule has 0 aliphatic heterocycles. The number of aromatic nitrogens is 2. The molecule has 0 aliphatic carbocycles. The molecule has 0 amide bonds. The van der Waals surface area contributed by atoms with Gasteiger partial charge in [-0.05, 0) is 19.1 Å². The van der Waals surface area contributed by atoms with Crippen molar-refractivity contribution in [1.82, 2.24) is 9.97 Å². The number of aliphatic hydroxyl groups is 1. The zero-order chi connectivity index (χ0) is 13.7. The average Bonchev–Trinajstić information content (AvgIpc) is 2.39. The molecule has 0 fully saturated rings. The van der Waals surface area contributed by atoms with Crippen LogP contribution in [0.5, 0.6) is 0 Å². The molecule has 0 saturated heterocycles. The molecule has 100 valence electrons. The standard InChI is InChI=1S/C14H18N4O/c1-11-15-13(17-12-6-4-3-5-7-12)10-14(16-11)18(2)8-9-19/h3-7,10,19H,8-9H2,1-2H3,(H,15,16,17). The fraction of sp³-hybridized carbons (Fsp3) is 0.286. The van der Waals surface area contributed by atoms with Crippen molar-refractivity contribution in [3.05, 3.63) is 42.2 Å². The zero-order valence-electron chi connectivity index (χ0n) is 11.2. The predicted molar refractivity (Wildman–Crippen MR) is 76.8 cm³/mol. The van der Waals surface area contributed by atoms with Gasteiger partial charge in [0.2, 0.25) is 0 Å². The van der Waals surface area contributed by atoms with E-state index >= 15 is 0 Å². The molecule has 0 bridgehead atoms. The van der Waals surface area contributed by atoms with E-state index in [1.807, 2.05) is 55.3 Å². The molecule has 5 nitrogen and oxygen atoms in total. The Hall–Kier alpha value is -2.14. The summed E-state index contributed by atoms with van der Waals surface area (Å²) in [6, 6.07) is 11.7. The molecule has 1 heterocycles. The van der Waals surface area contributed by atoms with Crippen molar-refractivity contribution in [1.29, 1.82) is 0 Å². The van der Waals surface area contributed by atoms with Crippen molar-refractivity contribution in [3.63, 3.8) is 0 Å². The molecule has 0 unspecified atom stereocenters. The summed E-state index contributed by atoms with van der Waals surface area (Å²) >= 11 is 0. The number of nitrogens with zero attached hydrogens (tertiary/aromatic N) is 3. The van der Waals surface area contributed by atoms with Gasteiger partial charge in [0, 0.05) is 25.3 Å². The number of likely N-dealkylation sites (N-methyl/N-ethyl adjacent to an activating group) is 1. The molecule has 5 heteroatoms. The van der Waals surface area contributed by atoms with Gasteiger partial charge in [-0.2, -0.15) is 0 Å². The van der Waals surface area contributed by atoms with E-state index in [4.69, 9.17) is 5.11 Å². The molecule has 0 radical (unpaired) electrons. The molecule has 2 N–H and O–H groups in total. The van der Waals surface area contributed by atoms with Crippen LogP contribution >= 0.6 is 0 Å². The van der Waals surface area contributed by atoms with Crippen molar-refractivity contribution >= 4 is 17.3 Å². The number of aliphatic hydroxyl groups excluding tert-OH is 1. The van der Waals surface area contributed by atoms with Crippen LogP contribution in [0, 0.1) is 6.92 Å². The normalized spacial score (nSPS) is 10.3. The van der Waals surface area contributed by atoms with E-state index in [1.165, 1.54) is 0 Å². The molecule has 0 aliphatic rings. The molecular formula is C14H18N4O. The highest BCUT2D eigenvalue weighted by Crippen LogP contribution is 2.18. The number of para-hydroxylation sites is 1. The number of hydrogen-bond donors (Lipinski definition) is 2. The Bertz CT molecular complexity index is 530. The first kappa shape index (κ1) is 13.3. The maximum absolute atomic E-state index is 8.97. The lowest BCUT2D eigenvalue weighted by Crippen LogP contribution is -2.22. The monoisotopic (exact) mass is 258 g/mol. The second kappa shape index (κ2) is 6.15. The van der Waals surface area contributed by atoms with E-state index in [0.717, 1.165) is 17.3 Å². The van der Waals surface area contributed by atoms with E-state index in [2.05, 4.69) is 15.3 Å². The fourth-order valence-electron chi connectivity index (χ4n) is 1.75. The second-order valence-corrected chi connectivity index (χ2v) is 4.29. The Morgan fingerprint density at radius 3 is 2.63 bits per heavy atom. The van der Waals surface area contributed by atoms with Crippen molar-refractivity contribution in [2.75, 3.05) is 30.4 Å². The molecular weight excluding hydrogens is 240 g/mol. The van der Waals surface area contributed by atoms with Gasteiger partial charge in [0.05, 0.1) is 6.61 Å². The van der Waals surface area contributed by atoms with Crippen LogP contribution in [0.3, 0.4) is 0 Å². The van der Waals surface area contributed by atoms with E-state index in [9.17, 15) is 0 Å². The summed E-state index contributed by atoms with van der Waals surface area (Å²) in [5, 5.41) is 12.2. The van der Waals surface area contributed by atoms with Gasteiger partial charge in [-0.1, -0.05) is 18.2 Å². The molecule has 0 spiro atoms. The van der Waals surface area contributed by atoms with E-state index in [0.29, 0.717) is 12.4 Å². The minimum Gasteiger partial charge on any atom is -0.395 e. The van der Waals surface area contributed by atoms with Crippen LogP contribution in [0.25, 0.3) is 0 Å². The van der Waals surface area contributed by atoms with Gasteiger partial charge in [-0.3, -0.25) is 0 Å². The lowest BCUT2D eigenvalue weighted by molar-refractivity contribution is 0.304. The first-order valence-corrected chi connectivity index (χ1v) is 6.19. The smallest absolute Gasteiger partial charge is 0.136 e. The Labute approximate surface area is 112 Å². The summed E-state index contributed by atoms with van der Waals surface area (Å²) in [6.07, 6.45) is 0. The summed E-state index contributed by atoms with van der Waals surface area (Å²) < 4.78 is 0. The quantitative estimate of drug-likeness (QED) is 0.858. The number of hydrogen-bond acceptors (Lipinski definition) is 5. The lowest BCUT2D eigenvalue weighted by Gasteiger charge is -2.18. The van der Waals surface area contributed by atoms with Gasteiger partial charge < -0.3 is 15.3 Å². The lowest BCUT2D eigenvalue weighted by atomic mass is 10.3. The number of nitrogens with one attached hydrogen (secondary N) is 1. The third-order valence-corrected chi connectivity index (χ3v) is 2.70. The summed E-state index contributed by atoms with van der Waals surface area (Å²) in [5.74, 6) is 2.24. The van der Waals surface area contributed by atoms with Crippen LogP contribution in [0.15, 0.2) is 36.4 Å². The topological polar surface area (TPSA) is 61.3 Å². The number of aryl methyl sites for hydroxylation is 1. The molecule has 2 rings (SSSR count). The molecule has 19 heavy (non-hydrogen) atoms. The van der Waals surface area contributed by atoms with Gasteiger partial charge in [-0.25, -0.2) is 9.97 Å². The minimum absolute atomic E-state index is 0.0982. The van der Waals surface area contributed by atoms with Crippen molar-refractivity contribution in [3.8, 4) is 0 Å². The average molecular weight is 258 g/mol. The maximum atomic E-state index is 8.97. The minimum atomic E-state index is 0.0982. The molecule has 0 atom stereocenters. The van der Waals surface area contributed by atoms with Gasteiger partial charge in [0.1, 0.15) is 17.5 Å². The van der Waals surface area contributed by atoms with Crippen molar-refractivity contribution < 1.29 is 5.11 Å².